The quantitative estimate of drug-likeness (QED) is 0.765. The third-order valence-corrected chi connectivity index (χ3v) is 6.46. The summed E-state index contributed by atoms with van der Waals surface area (Å²) in [5.41, 5.74) is 1.97. The number of aromatic hydroxyl groups is 1. The van der Waals surface area contributed by atoms with Gasteiger partial charge in [-0.3, -0.25) is 0 Å². The van der Waals surface area contributed by atoms with E-state index in [4.69, 9.17) is 9.47 Å². The van der Waals surface area contributed by atoms with Gasteiger partial charge in [-0.2, -0.15) is 0 Å². The second kappa shape index (κ2) is 4.22. The fourth-order valence-corrected chi connectivity index (χ4v) is 5.47. The minimum atomic E-state index is -0.640. The first kappa shape index (κ1) is 13.7. The average molecular weight is 316 g/mol. The van der Waals surface area contributed by atoms with Crippen molar-refractivity contribution in [3.8, 4) is 17.2 Å². The van der Waals surface area contributed by atoms with Gasteiger partial charge in [0.15, 0.2) is 11.5 Å². The summed E-state index contributed by atoms with van der Waals surface area (Å²) in [4.78, 5) is 2.41. The maximum Gasteiger partial charge on any atom is 1.00 e. The van der Waals surface area contributed by atoms with Gasteiger partial charge in [-0.25, -0.2) is 0 Å². The minimum Gasteiger partial charge on any atom is -0.504 e. The van der Waals surface area contributed by atoms with Gasteiger partial charge in [0.25, 0.3) is 0 Å². The molecule has 1 spiro atoms. The first-order chi connectivity index (χ1) is 11.1. The Kier molecular flexibility index (Phi) is 2.51. The van der Waals surface area contributed by atoms with Crippen LogP contribution in [-0.4, -0.2) is 54.1 Å². The molecule has 4 aliphatic rings. The lowest BCUT2D eigenvalue weighted by molar-refractivity contribution is -0.0455. The van der Waals surface area contributed by atoms with E-state index >= 15 is 0 Å². The normalized spacial score (nSPS) is 39.8. The number of methoxy groups -OCH3 is 1. The van der Waals surface area contributed by atoms with Gasteiger partial charge in [0.1, 0.15) is 18.0 Å². The molecule has 2 heterocycles. The third-order valence-electron chi connectivity index (χ3n) is 6.46. The maximum atomic E-state index is 10.5. The lowest BCUT2D eigenvalue weighted by atomic mass is 9.53. The molecule has 5 heteroatoms. The van der Waals surface area contributed by atoms with Crippen LogP contribution in [0.1, 0.15) is 19.0 Å². The predicted molar refractivity (Wildman–Crippen MR) is 85.2 cm³/mol. The molecule has 0 radical (unpaired) electrons. The van der Waals surface area contributed by atoms with Crippen LogP contribution in [0.3, 0.4) is 0 Å². The van der Waals surface area contributed by atoms with E-state index in [0.29, 0.717) is 17.7 Å². The summed E-state index contributed by atoms with van der Waals surface area (Å²) >= 11 is 0. The molecular formula is C18H22NO4+. The van der Waals surface area contributed by atoms with E-state index in [2.05, 4.69) is 18.0 Å². The average Bonchev–Trinajstić information content (AvgIpc) is 2.89. The Bertz CT molecular complexity index is 736. The van der Waals surface area contributed by atoms with E-state index < -0.39 is 6.10 Å². The Hall–Kier alpha value is -1.72. The van der Waals surface area contributed by atoms with E-state index in [9.17, 15) is 10.2 Å². The highest BCUT2D eigenvalue weighted by Gasteiger charge is 2.64. The van der Waals surface area contributed by atoms with Crippen molar-refractivity contribution in [3.63, 3.8) is 0 Å². The van der Waals surface area contributed by atoms with Crippen molar-refractivity contribution in [2.24, 2.45) is 5.92 Å². The summed E-state index contributed by atoms with van der Waals surface area (Å²) in [5.74, 6) is 1.71. The summed E-state index contributed by atoms with van der Waals surface area (Å²) in [6, 6.07) is 2.02. The summed E-state index contributed by atoms with van der Waals surface area (Å²) in [6.45, 7) is 0.971. The van der Waals surface area contributed by atoms with Crippen molar-refractivity contribution in [3.05, 3.63) is 29.3 Å². The minimum absolute atomic E-state index is 0. The molecule has 5 rings (SSSR count). The molecule has 2 N–H and O–H groups in total. The Morgan fingerprint density at radius 1 is 1.43 bits per heavy atom. The number of phenolic OH excluding ortho intramolecular Hbond substituents is 1. The van der Waals surface area contributed by atoms with E-state index in [1.807, 2.05) is 6.08 Å². The molecule has 0 unspecified atom stereocenters. The number of ether oxygens (including phenoxy) is 2. The molecule has 0 amide bonds. The SMILES string of the molecule is COc1cc(O)c2c3c1C[C@@H]1[C@@H]4C=C[C@H](O)[C@H](O2)[C@]34CCN1C.[H+]. The smallest absolute Gasteiger partial charge is 0.504 e. The number of hydrogen-bond acceptors (Lipinski definition) is 5. The standard InChI is InChI=1S/C18H21NO4/c1-19-6-5-18-10-3-4-12(20)17(18)23-16-13(21)8-14(22-2)9(15(16)18)7-11(10)19/h3-4,8,10-12,17,20-21H,5-7H2,1-2H3/p+1/t10-,11+,12-,17-,18-/m0/s1. The zero-order chi connectivity index (χ0) is 15.9. The highest BCUT2D eigenvalue weighted by Crippen LogP contribution is 2.63. The van der Waals surface area contributed by atoms with Crippen LogP contribution >= 0.6 is 0 Å². The predicted octanol–water partition coefficient (Wildman–Crippen LogP) is 1.32. The molecule has 1 aromatic carbocycles. The van der Waals surface area contributed by atoms with Crippen LogP contribution in [0, 0.1) is 5.92 Å². The van der Waals surface area contributed by atoms with E-state index in [1.165, 1.54) is 0 Å². The molecule has 1 saturated heterocycles. The molecule has 5 atom stereocenters. The first-order valence-electron chi connectivity index (χ1n) is 8.24. The number of likely N-dealkylation sites (tertiary alicyclic amines) is 1. The Balaban J connectivity index is 0.00000146. The molecule has 5 nitrogen and oxygen atoms in total. The van der Waals surface area contributed by atoms with Gasteiger partial charge in [0, 0.05) is 34.6 Å². The molecule has 2 aliphatic carbocycles. The number of rotatable bonds is 1. The first-order valence-corrected chi connectivity index (χ1v) is 8.24. The van der Waals surface area contributed by atoms with E-state index in [0.717, 1.165) is 36.3 Å². The number of likely N-dealkylation sites (N-methyl/N-ethyl adjacent to an activating group) is 1. The van der Waals surface area contributed by atoms with Crippen molar-refractivity contribution in [2.45, 2.75) is 36.5 Å². The molecule has 23 heavy (non-hydrogen) atoms. The summed E-state index contributed by atoms with van der Waals surface area (Å²) in [6.07, 6.45) is 4.87. The van der Waals surface area contributed by atoms with Crippen molar-refractivity contribution < 1.29 is 21.1 Å². The zero-order valence-electron chi connectivity index (χ0n) is 14.3. The van der Waals surface area contributed by atoms with Crippen LogP contribution < -0.4 is 9.47 Å². The molecule has 0 aromatic heterocycles. The van der Waals surface area contributed by atoms with Crippen LogP contribution in [0.2, 0.25) is 0 Å². The third kappa shape index (κ3) is 1.41. The number of piperidine rings is 1. The summed E-state index contributed by atoms with van der Waals surface area (Å²) < 4.78 is 11.7. The van der Waals surface area contributed by atoms with Crippen LogP contribution in [0.5, 0.6) is 17.2 Å². The zero-order valence-corrected chi connectivity index (χ0v) is 13.3. The van der Waals surface area contributed by atoms with Crippen LogP contribution in [-0.2, 0) is 11.8 Å². The Morgan fingerprint density at radius 2 is 2.26 bits per heavy atom. The van der Waals surface area contributed by atoms with Gasteiger partial charge >= 0.3 is 1.43 Å². The van der Waals surface area contributed by atoms with Gasteiger partial charge in [-0.05, 0) is 26.4 Å². The van der Waals surface area contributed by atoms with Gasteiger partial charge in [-0.1, -0.05) is 12.2 Å². The van der Waals surface area contributed by atoms with Crippen LogP contribution in [0.15, 0.2) is 18.2 Å². The molecule has 1 aromatic rings. The van der Waals surface area contributed by atoms with Gasteiger partial charge < -0.3 is 24.6 Å². The molecule has 2 bridgehead atoms. The number of phenols is 1. The highest BCUT2D eigenvalue weighted by molar-refractivity contribution is 5.66. The van der Waals surface area contributed by atoms with Gasteiger partial charge in [0.05, 0.1) is 7.11 Å². The fourth-order valence-electron chi connectivity index (χ4n) is 5.47. The number of aliphatic hydroxyl groups is 1. The maximum absolute atomic E-state index is 10.5. The van der Waals surface area contributed by atoms with E-state index in [-0.39, 0.29) is 18.7 Å². The Labute approximate surface area is 136 Å². The van der Waals surface area contributed by atoms with Crippen molar-refractivity contribution >= 4 is 0 Å². The van der Waals surface area contributed by atoms with Crippen molar-refractivity contribution in [1.82, 2.24) is 4.90 Å². The number of aliphatic hydroxyl groups excluding tert-OH is 1. The molecular weight excluding hydrogens is 294 g/mol. The van der Waals surface area contributed by atoms with Gasteiger partial charge in [0.2, 0.25) is 0 Å². The summed E-state index contributed by atoms with van der Waals surface area (Å²) in [5, 5.41) is 21.0. The van der Waals surface area contributed by atoms with E-state index in [1.54, 1.807) is 13.2 Å². The van der Waals surface area contributed by atoms with Crippen molar-refractivity contribution in [2.75, 3.05) is 20.7 Å². The summed E-state index contributed by atoms with van der Waals surface area (Å²) in [7, 11) is 3.81. The van der Waals surface area contributed by atoms with Crippen LogP contribution in [0.4, 0.5) is 0 Å². The van der Waals surface area contributed by atoms with Crippen LogP contribution in [0.25, 0.3) is 0 Å². The highest BCUT2D eigenvalue weighted by atomic mass is 16.5. The molecule has 1 fully saturated rings. The molecule has 2 aliphatic heterocycles. The largest absolute Gasteiger partial charge is 1.00 e. The monoisotopic (exact) mass is 316 g/mol. The Morgan fingerprint density at radius 3 is 3.04 bits per heavy atom. The van der Waals surface area contributed by atoms with Gasteiger partial charge in [-0.15, -0.1) is 0 Å². The fraction of sp³-hybridized carbons (Fsp3) is 0.556. The number of hydrogen-bond donors (Lipinski definition) is 2. The molecule has 122 valence electrons. The lowest BCUT2D eigenvalue weighted by Crippen LogP contribution is -2.64. The second-order valence-corrected chi connectivity index (χ2v) is 7.26. The van der Waals surface area contributed by atoms with Crippen molar-refractivity contribution in [1.29, 1.82) is 0 Å². The second-order valence-electron chi connectivity index (χ2n) is 7.26. The lowest BCUT2D eigenvalue weighted by Gasteiger charge is -2.56. The number of nitrogens with zero attached hydrogens (tertiary/aromatic N) is 1. The number of benzene rings is 1. The molecule has 0 saturated carbocycles. The topological polar surface area (TPSA) is 62.2 Å².